The molecular weight excluding hydrogens is 396 g/mol. The summed E-state index contributed by atoms with van der Waals surface area (Å²) in [6, 6.07) is 6.62. The maximum atomic E-state index is 12.3. The van der Waals surface area contributed by atoms with Crippen molar-refractivity contribution in [1.82, 2.24) is 18.8 Å². The van der Waals surface area contributed by atoms with Gasteiger partial charge in [-0.15, -0.1) is 0 Å². The number of nitrogens with zero attached hydrogens (tertiary/aromatic N) is 3. The van der Waals surface area contributed by atoms with E-state index < -0.39 is 10.2 Å². The van der Waals surface area contributed by atoms with Crippen LogP contribution in [0.4, 0.5) is 0 Å². The number of imide groups is 1. The number of carbonyl (C=O) groups is 3. The fraction of sp³-hybridized carbons (Fsp3) is 0.526. The average Bonchev–Trinajstić information content (AvgIpc) is 2.93. The van der Waals surface area contributed by atoms with Gasteiger partial charge in [0.05, 0.1) is 11.1 Å². The number of hydrogen-bond acceptors (Lipinski definition) is 5. The molecular formula is C19H26N4O5S. The first-order valence-electron chi connectivity index (χ1n) is 9.64. The first-order chi connectivity index (χ1) is 13.7. The Morgan fingerprint density at radius 3 is 2.17 bits per heavy atom. The summed E-state index contributed by atoms with van der Waals surface area (Å²) < 4.78 is 26.8. The van der Waals surface area contributed by atoms with Crippen molar-refractivity contribution in [3.8, 4) is 0 Å². The summed E-state index contributed by atoms with van der Waals surface area (Å²) in [7, 11) is -0.429. The zero-order chi connectivity index (χ0) is 21.2. The molecule has 0 atom stereocenters. The lowest BCUT2D eigenvalue weighted by molar-refractivity contribution is -0.122. The van der Waals surface area contributed by atoms with E-state index in [1.54, 1.807) is 24.3 Å². The molecule has 158 valence electrons. The van der Waals surface area contributed by atoms with E-state index in [0.29, 0.717) is 43.5 Å². The standard InChI is InChI=1S/C19H26N4O5S/c1-21(2)29(27,28)22-12-9-14(10-13-22)20-17(24)8-5-11-23-18(25)15-6-3-4-7-16(15)19(23)26/h3-4,6-7,14H,5,8-13H2,1-2H3,(H,20,24). The van der Waals surface area contributed by atoms with E-state index in [1.165, 1.54) is 27.6 Å². The van der Waals surface area contributed by atoms with Crippen LogP contribution in [0.3, 0.4) is 0 Å². The molecule has 9 nitrogen and oxygen atoms in total. The van der Waals surface area contributed by atoms with Crippen LogP contribution in [0.1, 0.15) is 46.4 Å². The van der Waals surface area contributed by atoms with Crippen molar-refractivity contribution in [1.29, 1.82) is 0 Å². The van der Waals surface area contributed by atoms with Crippen LogP contribution in [0.2, 0.25) is 0 Å². The number of carbonyl (C=O) groups excluding carboxylic acids is 3. The van der Waals surface area contributed by atoms with Crippen LogP contribution in [-0.4, -0.2) is 79.4 Å². The maximum Gasteiger partial charge on any atom is 0.281 e. The molecule has 29 heavy (non-hydrogen) atoms. The first kappa shape index (κ1) is 21.4. The quantitative estimate of drug-likeness (QED) is 0.642. The second-order valence-electron chi connectivity index (χ2n) is 7.44. The highest BCUT2D eigenvalue weighted by Gasteiger charge is 2.34. The van der Waals surface area contributed by atoms with E-state index in [-0.39, 0.29) is 36.7 Å². The molecule has 0 aliphatic carbocycles. The number of piperidine rings is 1. The zero-order valence-corrected chi connectivity index (χ0v) is 17.4. The Bertz CT molecular complexity index is 872. The van der Waals surface area contributed by atoms with Crippen LogP contribution in [0.15, 0.2) is 24.3 Å². The van der Waals surface area contributed by atoms with Gasteiger partial charge in [0.15, 0.2) is 0 Å². The molecule has 1 aromatic carbocycles. The number of rotatable bonds is 7. The monoisotopic (exact) mass is 422 g/mol. The van der Waals surface area contributed by atoms with E-state index in [4.69, 9.17) is 0 Å². The van der Waals surface area contributed by atoms with Crippen molar-refractivity contribution in [3.05, 3.63) is 35.4 Å². The summed E-state index contributed by atoms with van der Waals surface area (Å²) in [5, 5.41) is 2.92. The van der Waals surface area contributed by atoms with Crippen LogP contribution in [0.5, 0.6) is 0 Å². The van der Waals surface area contributed by atoms with Crippen LogP contribution in [0.25, 0.3) is 0 Å². The summed E-state index contributed by atoms with van der Waals surface area (Å²) in [5.74, 6) is -0.795. The summed E-state index contributed by atoms with van der Waals surface area (Å²) >= 11 is 0. The van der Waals surface area contributed by atoms with E-state index in [1.807, 2.05) is 0 Å². The average molecular weight is 423 g/mol. The predicted octanol–water partition coefficient (Wildman–Crippen LogP) is 0.450. The number of amides is 3. The molecule has 0 bridgehead atoms. The number of fused-ring (bicyclic) bond motifs is 1. The minimum atomic E-state index is -3.42. The number of benzene rings is 1. The van der Waals surface area contributed by atoms with Gasteiger partial charge in [-0.05, 0) is 31.4 Å². The van der Waals surface area contributed by atoms with Gasteiger partial charge in [-0.25, -0.2) is 0 Å². The molecule has 2 aliphatic heterocycles. The van der Waals surface area contributed by atoms with E-state index in [9.17, 15) is 22.8 Å². The second-order valence-corrected chi connectivity index (χ2v) is 9.58. The molecule has 0 unspecified atom stereocenters. The molecule has 0 aromatic heterocycles. The van der Waals surface area contributed by atoms with Crippen LogP contribution in [-0.2, 0) is 15.0 Å². The lowest BCUT2D eigenvalue weighted by Crippen LogP contribution is -2.49. The Morgan fingerprint density at radius 2 is 1.66 bits per heavy atom. The van der Waals surface area contributed by atoms with Crippen LogP contribution in [0, 0.1) is 0 Å². The Balaban J connectivity index is 1.42. The largest absolute Gasteiger partial charge is 0.353 e. The second kappa shape index (κ2) is 8.60. The van der Waals surface area contributed by atoms with Crippen LogP contribution < -0.4 is 5.32 Å². The summed E-state index contributed by atoms with van der Waals surface area (Å²) in [6.07, 6.45) is 1.68. The third kappa shape index (κ3) is 4.49. The van der Waals surface area contributed by atoms with Gasteiger partial charge in [0.25, 0.3) is 22.0 Å². The minimum Gasteiger partial charge on any atom is -0.353 e. The topological polar surface area (TPSA) is 107 Å². The molecule has 0 spiro atoms. The molecule has 1 N–H and O–H groups in total. The van der Waals surface area contributed by atoms with Crippen molar-refractivity contribution >= 4 is 27.9 Å². The summed E-state index contributed by atoms with van der Waals surface area (Å²) in [5.41, 5.74) is 0.808. The van der Waals surface area contributed by atoms with Crippen LogP contribution >= 0.6 is 0 Å². The smallest absolute Gasteiger partial charge is 0.281 e. The third-order valence-electron chi connectivity index (χ3n) is 5.27. The normalized spacial score (nSPS) is 18.4. The molecule has 1 aromatic rings. The van der Waals surface area contributed by atoms with Gasteiger partial charge in [-0.2, -0.15) is 17.0 Å². The van der Waals surface area contributed by atoms with Gasteiger partial charge < -0.3 is 5.32 Å². The maximum absolute atomic E-state index is 12.3. The van der Waals surface area contributed by atoms with Gasteiger partial charge in [0.1, 0.15) is 0 Å². The number of hydrogen-bond donors (Lipinski definition) is 1. The van der Waals surface area contributed by atoms with Gasteiger partial charge in [0, 0.05) is 46.2 Å². The predicted molar refractivity (Wildman–Crippen MR) is 106 cm³/mol. The minimum absolute atomic E-state index is 0.0737. The Hall–Kier alpha value is -2.30. The SMILES string of the molecule is CN(C)S(=O)(=O)N1CCC(NC(=O)CCCN2C(=O)c3ccccc3C2=O)CC1. The van der Waals surface area contributed by atoms with E-state index >= 15 is 0 Å². The molecule has 10 heteroatoms. The highest BCUT2D eigenvalue weighted by molar-refractivity contribution is 7.86. The summed E-state index contributed by atoms with van der Waals surface area (Å²) in [4.78, 5) is 38.0. The van der Waals surface area contributed by atoms with Gasteiger partial charge in [-0.1, -0.05) is 12.1 Å². The third-order valence-corrected chi connectivity index (χ3v) is 7.21. The Morgan fingerprint density at radius 1 is 1.10 bits per heavy atom. The fourth-order valence-electron chi connectivity index (χ4n) is 3.60. The van der Waals surface area contributed by atoms with Gasteiger partial charge in [0.2, 0.25) is 5.91 Å². The molecule has 0 radical (unpaired) electrons. The molecule has 2 aliphatic rings. The lowest BCUT2D eigenvalue weighted by Gasteiger charge is -2.33. The summed E-state index contributed by atoms with van der Waals surface area (Å²) in [6.45, 7) is 0.917. The van der Waals surface area contributed by atoms with Crippen molar-refractivity contribution in [2.45, 2.75) is 31.7 Å². The first-order valence-corrected chi connectivity index (χ1v) is 11.0. The van der Waals surface area contributed by atoms with Crippen molar-refractivity contribution in [2.24, 2.45) is 0 Å². The molecule has 1 saturated heterocycles. The fourth-order valence-corrected chi connectivity index (χ4v) is 4.74. The Labute approximate surface area is 170 Å². The molecule has 2 heterocycles. The molecule has 3 amide bonds. The molecule has 3 rings (SSSR count). The van der Waals surface area contributed by atoms with Crippen molar-refractivity contribution < 1.29 is 22.8 Å². The highest BCUT2D eigenvalue weighted by Crippen LogP contribution is 2.22. The van der Waals surface area contributed by atoms with Gasteiger partial charge in [-0.3, -0.25) is 19.3 Å². The van der Waals surface area contributed by atoms with Gasteiger partial charge >= 0.3 is 0 Å². The van der Waals surface area contributed by atoms with Crippen molar-refractivity contribution in [3.63, 3.8) is 0 Å². The lowest BCUT2D eigenvalue weighted by atomic mass is 10.1. The van der Waals surface area contributed by atoms with Crippen molar-refractivity contribution in [2.75, 3.05) is 33.7 Å². The Kier molecular flexibility index (Phi) is 6.35. The zero-order valence-electron chi connectivity index (χ0n) is 16.6. The van der Waals surface area contributed by atoms with E-state index in [2.05, 4.69) is 5.32 Å². The number of nitrogens with one attached hydrogen (secondary N) is 1. The highest BCUT2D eigenvalue weighted by atomic mass is 32.2. The van der Waals surface area contributed by atoms with E-state index in [0.717, 1.165) is 0 Å². The molecule has 1 fully saturated rings. The molecule has 0 saturated carbocycles.